The van der Waals surface area contributed by atoms with Gasteiger partial charge >= 0.3 is 0 Å². The molecule has 0 heterocycles. The summed E-state index contributed by atoms with van der Waals surface area (Å²) in [6.45, 7) is 18.5. The Labute approximate surface area is 115 Å². The van der Waals surface area contributed by atoms with Crippen molar-refractivity contribution >= 4 is 6.21 Å². The predicted octanol–water partition coefficient (Wildman–Crippen LogP) is 5.70. The maximum atomic E-state index is 3.76. The highest BCUT2D eigenvalue weighted by molar-refractivity contribution is 5.71. The molecule has 0 aliphatic rings. The molecule has 0 rings (SSSR count). The van der Waals surface area contributed by atoms with Gasteiger partial charge in [-0.2, -0.15) is 0 Å². The van der Waals surface area contributed by atoms with Crippen molar-refractivity contribution in [3.8, 4) is 0 Å². The Bertz CT molecular complexity index is 220. The molecule has 0 atom stereocenters. The van der Waals surface area contributed by atoms with Crippen LogP contribution in [0.2, 0.25) is 0 Å². The van der Waals surface area contributed by atoms with Crippen LogP contribution in [0.1, 0.15) is 48.5 Å². The maximum Gasteiger partial charge on any atom is 0.0277 e. The van der Waals surface area contributed by atoms with Crippen LogP contribution in [-0.4, -0.2) is 13.3 Å². The summed E-state index contributed by atoms with van der Waals surface area (Å²) < 4.78 is 0. The Kier molecular flexibility index (Phi) is 19.5. The third-order valence-corrected chi connectivity index (χ3v) is 1.26. The number of rotatable bonds is 2. The van der Waals surface area contributed by atoms with Crippen LogP contribution in [0.3, 0.4) is 0 Å². The number of aliphatic imine (C=N–C) groups is 1. The zero-order valence-corrected chi connectivity index (χ0v) is 13.7. The van der Waals surface area contributed by atoms with Crippen molar-refractivity contribution < 1.29 is 0 Å². The summed E-state index contributed by atoms with van der Waals surface area (Å²) in [5.74, 6) is 0.833. The quantitative estimate of drug-likeness (QED) is 0.339. The predicted molar refractivity (Wildman–Crippen MR) is 88.5 cm³/mol. The van der Waals surface area contributed by atoms with E-state index in [2.05, 4.69) is 53.1 Å². The van der Waals surface area contributed by atoms with Gasteiger partial charge in [0.05, 0.1) is 0 Å². The molecule has 0 spiro atoms. The van der Waals surface area contributed by atoms with Gasteiger partial charge in [0.15, 0.2) is 0 Å². The van der Waals surface area contributed by atoms with Crippen molar-refractivity contribution in [2.75, 3.05) is 7.05 Å². The normalized spacial score (nSPS) is 11.4. The molecule has 0 N–H and O–H groups in total. The molecule has 0 aromatic rings. The fraction of sp³-hybridized carbons (Fsp3) is 0.588. The van der Waals surface area contributed by atoms with Crippen molar-refractivity contribution in [2.24, 2.45) is 16.3 Å². The van der Waals surface area contributed by atoms with E-state index in [1.165, 1.54) is 0 Å². The van der Waals surface area contributed by atoms with E-state index in [0.717, 1.165) is 5.92 Å². The lowest BCUT2D eigenvalue weighted by Crippen LogP contribution is -1.96. The third kappa shape index (κ3) is 60.5. The summed E-state index contributed by atoms with van der Waals surface area (Å²) >= 11 is 0. The average Bonchev–Trinajstić information content (AvgIpc) is 2.24. The second-order valence-corrected chi connectivity index (χ2v) is 5.62. The molecule has 0 aliphatic carbocycles. The summed E-state index contributed by atoms with van der Waals surface area (Å²) in [6.07, 6.45) is 11.4. The minimum absolute atomic E-state index is 0.306. The Hall–Kier alpha value is -1.11. The number of hydrogen-bond donors (Lipinski definition) is 0. The average molecular weight is 251 g/mol. The fourth-order valence-electron chi connectivity index (χ4n) is 0.311. The molecule has 0 saturated heterocycles. The van der Waals surface area contributed by atoms with Crippen molar-refractivity contribution in [3.63, 3.8) is 0 Å². The number of allylic oxidation sites excluding steroid dienone is 5. The Morgan fingerprint density at radius 1 is 1.00 bits per heavy atom. The zero-order valence-electron chi connectivity index (χ0n) is 13.7. The monoisotopic (exact) mass is 251 g/mol. The second kappa shape index (κ2) is 15.9. The van der Waals surface area contributed by atoms with Crippen molar-refractivity contribution in [2.45, 2.75) is 48.5 Å². The van der Waals surface area contributed by atoms with E-state index in [-0.39, 0.29) is 0 Å². The SMILES string of the molecule is C/C=C\C=C/C=NC.C=CC(C)(C)C.CC(C)C. The first kappa shape index (κ1) is 22.1. The van der Waals surface area contributed by atoms with Crippen LogP contribution < -0.4 is 0 Å². The molecule has 106 valence electrons. The lowest BCUT2D eigenvalue weighted by Gasteiger charge is -2.08. The first-order valence-corrected chi connectivity index (χ1v) is 6.55. The van der Waals surface area contributed by atoms with Crippen LogP contribution in [0.25, 0.3) is 0 Å². The number of hydrogen-bond acceptors (Lipinski definition) is 1. The van der Waals surface area contributed by atoms with Crippen LogP contribution in [0.15, 0.2) is 42.0 Å². The van der Waals surface area contributed by atoms with Gasteiger partial charge in [-0.15, -0.1) is 6.58 Å². The molecule has 1 heteroatoms. The molecule has 0 aromatic carbocycles. The van der Waals surface area contributed by atoms with Gasteiger partial charge in [-0.05, 0) is 24.3 Å². The minimum Gasteiger partial charge on any atom is -0.297 e. The van der Waals surface area contributed by atoms with Crippen LogP contribution >= 0.6 is 0 Å². The van der Waals surface area contributed by atoms with Gasteiger partial charge in [-0.3, -0.25) is 4.99 Å². The molecular weight excluding hydrogens is 218 g/mol. The molecular formula is C17H33N. The Balaban J connectivity index is -0.000000200. The molecule has 0 bridgehead atoms. The highest BCUT2D eigenvalue weighted by Crippen LogP contribution is 2.11. The van der Waals surface area contributed by atoms with E-state index in [0.29, 0.717) is 5.41 Å². The summed E-state index contributed by atoms with van der Waals surface area (Å²) in [7, 11) is 1.75. The Morgan fingerprint density at radius 2 is 1.39 bits per heavy atom. The summed E-state index contributed by atoms with van der Waals surface area (Å²) in [4.78, 5) is 3.76. The lowest BCUT2D eigenvalue weighted by atomic mass is 9.98. The van der Waals surface area contributed by atoms with Gasteiger partial charge in [0.1, 0.15) is 0 Å². The first-order valence-electron chi connectivity index (χ1n) is 6.55. The van der Waals surface area contributed by atoms with E-state index < -0.39 is 0 Å². The topological polar surface area (TPSA) is 12.4 Å². The highest BCUT2D eigenvalue weighted by atomic mass is 14.6. The molecule has 0 aliphatic heterocycles. The maximum absolute atomic E-state index is 3.76. The van der Waals surface area contributed by atoms with Crippen molar-refractivity contribution in [1.29, 1.82) is 0 Å². The summed E-state index contributed by atoms with van der Waals surface area (Å²) in [5.41, 5.74) is 0.306. The van der Waals surface area contributed by atoms with Crippen LogP contribution in [-0.2, 0) is 0 Å². The summed E-state index contributed by atoms with van der Waals surface area (Å²) in [6, 6.07) is 0. The van der Waals surface area contributed by atoms with E-state index in [4.69, 9.17) is 0 Å². The first-order chi connectivity index (χ1) is 8.21. The molecule has 0 aromatic heterocycles. The van der Waals surface area contributed by atoms with Crippen LogP contribution in [0.4, 0.5) is 0 Å². The highest BCUT2D eigenvalue weighted by Gasteiger charge is 1.99. The summed E-state index contributed by atoms with van der Waals surface area (Å²) in [5, 5.41) is 0. The van der Waals surface area contributed by atoms with Gasteiger partial charge in [-0.25, -0.2) is 0 Å². The lowest BCUT2D eigenvalue weighted by molar-refractivity contribution is 0.546. The number of nitrogens with zero attached hydrogens (tertiary/aromatic N) is 1. The minimum atomic E-state index is 0.306. The van der Waals surface area contributed by atoms with E-state index in [1.54, 1.807) is 13.3 Å². The second-order valence-electron chi connectivity index (χ2n) is 5.62. The van der Waals surface area contributed by atoms with Gasteiger partial charge in [0.2, 0.25) is 0 Å². The largest absolute Gasteiger partial charge is 0.297 e. The van der Waals surface area contributed by atoms with E-state index >= 15 is 0 Å². The molecule has 18 heavy (non-hydrogen) atoms. The van der Waals surface area contributed by atoms with Crippen LogP contribution in [0.5, 0.6) is 0 Å². The van der Waals surface area contributed by atoms with Gasteiger partial charge in [0.25, 0.3) is 0 Å². The standard InChI is InChI=1S/C7H11N.C6H12.C4H10/c1-3-4-5-6-7-8-2;1-5-6(2,3)4;1-4(2)3/h3-7H,1-2H3;5H,1H2,2-4H3;4H,1-3H3/b4-3-,6-5-,8-7?;;. The molecule has 0 fully saturated rings. The fourth-order valence-corrected chi connectivity index (χ4v) is 0.311. The van der Waals surface area contributed by atoms with Crippen molar-refractivity contribution in [1.82, 2.24) is 0 Å². The molecule has 0 unspecified atom stereocenters. The molecule has 0 radical (unpaired) electrons. The Morgan fingerprint density at radius 3 is 1.61 bits per heavy atom. The van der Waals surface area contributed by atoms with E-state index in [9.17, 15) is 0 Å². The van der Waals surface area contributed by atoms with Gasteiger partial charge in [0, 0.05) is 13.3 Å². The van der Waals surface area contributed by atoms with Crippen LogP contribution in [0, 0.1) is 11.3 Å². The zero-order chi connectivity index (χ0) is 15.0. The van der Waals surface area contributed by atoms with E-state index in [1.807, 2.05) is 37.3 Å². The van der Waals surface area contributed by atoms with Crippen molar-refractivity contribution in [3.05, 3.63) is 37.0 Å². The molecule has 0 amide bonds. The van der Waals surface area contributed by atoms with Gasteiger partial charge < -0.3 is 0 Å². The smallest absolute Gasteiger partial charge is 0.0277 e. The van der Waals surface area contributed by atoms with Gasteiger partial charge in [-0.1, -0.05) is 65.8 Å². The molecule has 0 saturated carbocycles. The third-order valence-electron chi connectivity index (χ3n) is 1.26. The molecule has 1 nitrogen and oxygen atoms in total.